The number of aromatic amines is 1. The van der Waals surface area contributed by atoms with E-state index in [4.69, 9.17) is 35.0 Å². The van der Waals surface area contributed by atoms with Crippen molar-refractivity contribution in [3.05, 3.63) is 195 Å². The summed E-state index contributed by atoms with van der Waals surface area (Å²) in [6.07, 6.45) is 25.6. The number of ketones is 5. The number of allylic oxidation sites excluding steroid dienone is 2. The fraction of sp³-hybridized carbons (Fsp3) is 0.505. The number of benzene rings is 5. The number of amidine groups is 2. The van der Waals surface area contributed by atoms with Gasteiger partial charge in [0, 0.05) is 105 Å². The molecule has 8 N–H and O–H groups in total. The number of phenols is 1. The van der Waals surface area contributed by atoms with Crippen molar-refractivity contribution in [2.75, 3.05) is 33.9 Å². The van der Waals surface area contributed by atoms with E-state index < -0.39 is 28.2 Å². The molecule has 9 saturated carbocycles. The number of rotatable bonds is 15. The van der Waals surface area contributed by atoms with Crippen LogP contribution in [0.2, 0.25) is 0 Å². The van der Waals surface area contributed by atoms with Crippen molar-refractivity contribution in [3.8, 4) is 34.4 Å². The Morgan fingerprint density at radius 1 is 0.734 bits per heavy atom. The number of fused-ring (bicyclic) bond motifs is 16. The summed E-state index contributed by atoms with van der Waals surface area (Å²) in [5, 5.41) is 27.5. The number of aliphatic imine (C=N–C) groups is 1. The number of nitrogens with zero attached hydrogens (tertiary/aromatic N) is 5. The van der Waals surface area contributed by atoms with Crippen LogP contribution in [0.25, 0.3) is 39.9 Å². The van der Waals surface area contributed by atoms with Crippen LogP contribution in [0.15, 0.2) is 170 Å². The first-order chi connectivity index (χ1) is 61.1. The lowest BCUT2D eigenvalue weighted by Gasteiger charge is -2.60. The molecule has 0 radical (unpaired) electrons. The maximum Gasteiger partial charge on any atom is 0.318 e. The maximum atomic E-state index is 13.7. The number of aliphatic hydroxyl groups excluding tert-OH is 1. The van der Waals surface area contributed by atoms with Gasteiger partial charge in [0.1, 0.15) is 76.4 Å². The molecule has 4 heterocycles. The van der Waals surface area contributed by atoms with Gasteiger partial charge in [0.25, 0.3) is 10.1 Å². The Hall–Kier alpha value is -9.92. The summed E-state index contributed by atoms with van der Waals surface area (Å²) in [4.78, 5) is 97.4. The maximum absolute atomic E-state index is 13.7. The molecule has 12 aliphatic rings. The summed E-state index contributed by atoms with van der Waals surface area (Å²) >= 11 is 3.30. The predicted molar refractivity (Wildman–Crippen MR) is 498 cm³/mol. The van der Waals surface area contributed by atoms with E-state index in [1.54, 1.807) is 32.3 Å². The highest BCUT2D eigenvalue weighted by atomic mass is 79.9. The van der Waals surface area contributed by atoms with Crippen LogP contribution in [0.5, 0.6) is 11.8 Å². The van der Waals surface area contributed by atoms with Gasteiger partial charge in [-0.25, -0.2) is 9.97 Å². The largest absolute Gasteiger partial charge is 0.508 e. The van der Waals surface area contributed by atoms with E-state index in [2.05, 4.69) is 99.5 Å². The monoisotopic (exact) mass is 1820 g/mol. The van der Waals surface area contributed by atoms with Gasteiger partial charge in [0.2, 0.25) is 0 Å². The number of hydrogen-bond donors (Lipinski definition) is 6. The molecule has 11 aliphatic carbocycles. The fourth-order valence-corrected chi connectivity index (χ4v) is 27.3. The van der Waals surface area contributed by atoms with Crippen LogP contribution >= 0.6 is 15.9 Å². The van der Waals surface area contributed by atoms with Crippen molar-refractivity contribution < 1.29 is 68.3 Å². The Labute approximate surface area is 762 Å². The SMILES string of the molecule is CC(=O)OC1CCC2(C)C(CCC3C2CC(=O)C2(C)C3CC(N3CC3)C2C(C)=O)C1.CN=C(N)c1ccc(-c2ccc(-c3ccc(C(=N)N)cc3)o2)cc1.COc1ncc2[nH]c(C(O)c3ccccc3)nc2n1.C[C@]12CC[C@H]3[C@@H](CCC4=CC(=O)CC[C@@]43C)[C@@H]1CC[C@@H]2C(=O)COS(=O)(=O)c1ccc(Br)cc1.Cc1cc(O)cc2c1[C@H]1CC[C@]3(C)C(=O)CC[C@H]3[C@@H]1C=C2.[HH].[HH]. The molecule has 23 nitrogen and oxygen atoms in total. The number of Topliss-reactive ketones (excluding diaryl/α,β-unsaturated/α-hetero) is 4. The topological polar surface area (TPSA) is 364 Å². The number of aryl methyl sites for hydroxylation is 1. The summed E-state index contributed by atoms with van der Waals surface area (Å²) in [5.41, 5.74) is 21.3. The second-order valence-corrected chi connectivity index (χ2v) is 42.0. The van der Waals surface area contributed by atoms with Gasteiger partial charge < -0.3 is 40.6 Å². The number of esters is 1. The number of nitrogens with one attached hydrogen (secondary N) is 2. The molecule has 20 atom stereocenters. The zero-order chi connectivity index (χ0) is 90.8. The lowest BCUT2D eigenvalue weighted by atomic mass is 9.44. The van der Waals surface area contributed by atoms with Gasteiger partial charge in [-0.15, -0.1) is 0 Å². The lowest BCUT2D eigenvalue weighted by molar-refractivity contribution is -0.167. The smallest absolute Gasteiger partial charge is 0.318 e. The van der Waals surface area contributed by atoms with Crippen molar-refractivity contribution in [1.29, 1.82) is 5.41 Å². The van der Waals surface area contributed by atoms with Crippen molar-refractivity contribution >= 4 is 89.8 Å². The molecule has 3 aromatic heterocycles. The molecule has 10 fully saturated rings. The minimum absolute atomic E-state index is 0. The van der Waals surface area contributed by atoms with Gasteiger partial charge in [-0.2, -0.15) is 13.4 Å². The van der Waals surface area contributed by atoms with Gasteiger partial charge in [-0.1, -0.05) is 147 Å². The molecule has 0 spiro atoms. The number of hydrogen-bond acceptors (Lipinski definition) is 20. The normalized spacial score (nSPS) is 31.8. The molecule has 680 valence electrons. The molecule has 0 bridgehead atoms. The number of carbonyl (C=O) groups is 6. The molecule has 10 unspecified atom stereocenters. The average Bonchev–Trinajstić information content (AvgIpc) is 1.52. The van der Waals surface area contributed by atoms with Crippen LogP contribution in [0.3, 0.4) is 0 Å². The standard InChI is InChI=1S/C27H33BrO5S.C25H37NO4.C19H18N4O.C19H22O2.C13H12N4O2.2H2/c1-26-13-11-19(29)15-17(26)3-8-21-22-9-10-24(27(22,2)14-12-23(21)26)25(30)16-33-34(31,32)20-6-4-18(28)5-7-20;1-14(27)23-21(26-9-10-26)12-20-18-6-5-16-11-17(30-15(2)28)7-8-24(16,3)19(18)13-22(29)25(20,23)4;1-23-19(22)15-8-4-13(5-9-15)17-11-10-16(24-17)12-2-6-14(7-3-12)18(20)21;1-11-9-13(20)10-12-3-4-14-15(18(11)12)7-8-19(2)16(14)5-6-17(19)21;1-19-13-14-7-9-11(17-13)16-12(15-9)10(18)8-5-3-2-4-6-8;;/h4-7,15,21-24H,3,8-14,16H2,1-2H3;16-21,23H,5-13H2,1-4H3;2-11H,1H3,(H3,20,21)(H2,22,23);3-4,9-10,14-16,20H,5-8H2,1-2H3;2-7,10,18H,1H3,(H,14,15,16,17);2*1H/t21-,22-,23-,24+,26-,27-;;;14-,15+,16+,19+;;;/m0..1.../s1. The van der Waals surface area contributed by atoms with Crippen molar-refractivity contribution in [2.24, 2.45) is 109 Å². The number of phenolic OH excluding ortho intramolecular Hbond substituents is 1. The van der Waals surface area contributed by atoms with E-state index in [0.29, 0.717) is 118 Å². The number of imidazole rings is 1. The van der Waals surface area contributed by atoms with E-state index >= 15 is 0 Å². The van der Waals surface area contributed by atoms with Crippen molar-refractivity contribution in [1.82, 2.24) is 24.8 Å². The Morgan fingerprint density at radius 3 is 2.09 bits per heavy atom. The van der Waals surface area contributed by atoms with E-state index in [1.807, 2.05) is 109 Å². The number of nitrogens with two attached hydrogens (primary N) is 2. The molecule has 5 aromatic carbocycles. The highest BCUT2D eigenvalue weighted by Crippen LogP contribution is 2.70. The fourth-order valence-electron chi connectivity index (χ4n) is 26.2. The molecule has 1 aliphatic heterocycles. The second-order valence-electron chi connectivity index (χ2n) is 39.5. The van der Waals surface area contributed by atoms with Crippen LogP contribution in [0.4, 0.5) is 0 Å². The molecule has 25 heteroatoms. The minimum atomic E-state index is -3.97. The zero-order valence-corrected chi connectivity index (χ0v) is 77.5. The van der Waals surface area contributed by atoms with Gasteiger partial charge >= 0.3 is 12.0 Å². The molecule has 1 saturated heterocycles. The van der Waals surface area contributed by atoms with Gasteiger partial charge in [0.15, 0.2) is 17.2 Å². The molecular formula is C103H126BrN9O14S. The van der Waals surface area contributed by atoms with Crippen LogP contribution in [-0.4, -0.2) is 136 Å². The summed E-state index contributed by atoms with van der Waals surface area (Å²) < 4.78 is 47.6. The number of carbonyl (C=O) groups excluding carboxylic acids is 6. The van der Waals surface area contributed by atoms with Crippen LogP contribution in [-0.2, 0) is 47.8 Å². The average molecular weight is 1830 g/mol. The molecule has 20 rings (SSSR count). The third kappa shape index (κ3) is 17.5. The first-order valence-corrected chi connectivity index (χ1v) is 48.1. The number of aromatic hydroxyl groups is 1. The highest BCUT2D eigenvalue weighted by Gasteiger charge is 2.68. The molecule has 128 heavy (non-hydrogen) atoms. The number of aromatic nitrogens is 4. The van der Waals surface area contributed by atoms with Crippen LogP contribution < -0.4 is 16.2 Å². The number of aliphatic hydroxyl groups is 1. The zero-order valence-electron chi connectivity index (χ0n) is 75.1. The second kappa shape index (κ2) is 36.4. The van der Waals surface area contributed by atoms with Crippen molar-refractivity contribution in [2.45, 2.75) is 206 Å². The van der Waals surface area contributed by atoms with Gasteiger partial charge in [-0.3, -0.25) is 48.3 Å². The predicted octanol–water partition coefficient (Wildman–Crippen LogP) is 18.9. The van der Waals surface area contributed by atoms with E-state index in [1.165, 1.54) is 48.4 Å². The molecule has 0 amide bonds. The van der Waals surface area contributed by atoms with E-state index in [0.717, 1.165) is 160 Å². The number of methoxy groups -OCH3 is 1. The first kappa shape index (κ1) is 91.4. The first-order valence-electron chi connectivity index (χ1n) is 45.9. The Balaban J connectivity index is 0.000000133. The van der Waals surface area contributed by atoms with Gasteiger partial charge in [0.05, 0.1) is 18.2 Å². The summed E-state index contributed by atoms with van der Waals surface area (Å²) in [6, 6.07) is 38.8. The number of H-pyrrole nitrogens is 1. The summed E-state index contributed by atoms with van der Waals surface area (Å²) in [5.74, 6) is 8.62. The Bertz CT molecular complexity index is 5800. The highest BCUT2D eigenvalue weighted by molar-refractivity contribution is 9.10. The third-order valence-electron chi connectivity index (χ3n) is 32.9. The Kier molecular flexibility index (Phi) is 26.0. The molecular weight excluding hydrogens is 1700 g/mol. The van der Waals surface area contributed by atoms with Gasteiger partial charge in [-0.05, 0) is 269 Å². The summed E-state index contributed by atoms with van der Waals surface area (Å²) in [6.45, 7) is 18.4. The number of halogens is 1. The minimum Gasteiger partial charge on any atom is -0.508 e. The van der Waals surface area contributed by atoms with Crippen LogP contribution in [0.1, 0.15) is 225 Å². The number of nitrogen functional groups attached to an aromatic ring is 1. The number of ether oxygens (including phenoxy) is 2. The Morgan fingerprint density at radius 2 is 1.42 bits per heavy atom. The van der Waals surface area contributed by atoms with Crippen LogP contribution in [0, 0.1) is 105 Å². The van der Waals surface area contributed by atoms with E-state index in [9.17, 15) is 47.4 Å². The summed E-state index contributed by atoms with van der Waals surface area (Å²) in [7, 11) is -0.811. The quantitative estimate of drug-likeness (QED) is 0.0182. The van der Waals surface area contributed by atoms with Crippen molar-refractivity contribution in [3.63, 3.8) is 0 Å². The molecule has 8 aromatic rings. The lowest BCUT2D eigenvalue weighted by Crippen LogP contribution is -2.58. The number of furan rings is 1. The van der Waals surface area contributed by atoms with E-state index in [-0.39, 0.29) is 88.6 Å². The third-order valence-corrected chi connectivity index (χ3v) is 34.8.